The molecule has 0 saturated heterocycles. The van der Waals surface area contributed by atoms with E-state index in [1.54, 1.807) is 0 Å². The van der Waals surface area contributed by atoms with Crippen LogP contribution in [-0.2, 0) is 6.54 Å². The molecule has 0 saturated carbocycles. The predicted octanol–water partition coefficient (Wildman–Crippen LogP) is 1.97. The van der Waals surface area contributed by atoms with Crippen LogP contribution in [0.2, 0.25) is 0 Å². The van der Waals surface area contributed by atoms with Crippen molar-refractivity contribution in [2.45, 2.75) is 25.8 Å². The first-order valence-corrected chi connectivity index (χ1v) is 4.95. The van der Waals surface area contributed by atoms with Gasteiger partial charge in [-0.1, -0.05) is 0 Å². The van der Waals surface area contributed by atoms with Crippen molar-refractivity contribution in [1.29, 1.82) is 0 Å². The summed E-state index contributed by atoms with van der Waals surface area (Å²) < 4.78 is 2.10. The number of anilines is 1. The van der Waals surface area contributed by atoms with E-state index < -0.39 is 0 Å². The van der Waals surface area contributed by atoms with Crippen LogP contribution >= 0.6 is 11.6 Å². The second kappa shape index (κ2) is 4.51. The Morgan fingerprint density at radius 1 is 1.69 bits per heavy atom. The van der Waals surface area contributed by atoms with Gasteiger partial charge in [0, 0.05) is 37.9 Å². The van der Waals surface area contributed by atoms with Crippen molar-refractivity contribution in [2.75, 3.05) is 18.5 Å². The van der Waals surface area contributed by atoms with Crippen molar-refractivity contribution >= 4 is 17.5 Å². The number of rotatable bonds is 4. The molecule has 0 aromatic carbocycles. The van der Waals surface area contributed by atoms with Crippen molar-refractivity contribution < 1.29 is 0 Å². The van der Waals surface area contributed by atoms with Crippen molar-refractivity contribution in [3.8, 4) is 0 Å². The van der Waals surface area contributed by atoms with Gasteiger partial charge >= 0.3 is 0 Å². The van der Waals surface area contributed by atoms with E-state index in [0.29, 0.717) is 0 Å². The lowest BCUT2D eigenvalue weighted by Gasteiger charge is -2.20. The maximum Gasteiger partial charge on any atom is 0.205 e. The molecule has 0 aliphatic carbocycles. The highest BCUT2D eigenvalue weighted by molar-refractivity contribution is 6.20. The lowest BCUT2D eigenvalue weighted by Crippen LogP contribution is -2.26. The van der Waals surface area contributed by atoms with Crippen LogP contribution in [0, 0.1) is 0 Å². The SMILES string of the molecule is CCn1ccnc1N(C)CC(C)Cl. The van der Waals surface area contributed by atoms with Gasteiger partial charge in [-0.25, -0.2) is 4.98 Å². The highest BCUT2D eigenvalue weighted by Crippen LogP contribution is 2.10. The van der Waals surface area contributed by atoms with Crippen molar-refractivity contribution in [1.82, 2.24) is 9.55 Å². The molecule has 0 bridgehead atoms. The lowest BCUT2D eigenvalue weighted by molar-refractivity contribution is 0.719. The Morgan fingerprint density at radius 3 is 2.92 bits per heavy atom. The molecule has 3 nitrogen and oxygen atoms in total. The lowest BCUT2D eigenvalue weighted by atomic mass is 10.4. The summed E-state index contributed by atoms with van der Waals surface area (Å²) in [7, 11) is 2.01. The van der Waals surface area contributed by atoms with Crippen molar-refractivity contribution in [3.63, 3.8) is 0 Å². The molecule has 4 heteroatoms. The number of hydrogen-bond donors (Lipinski definition) is 0. The molecule has 1 aromatic heterocycles. The van der Waals surface area contributed by atoms with Crippen LogP contribution in [0.3, 0.4) is 0 Å². The zero-order valence-corrected chi connectivity index (χ0v) is 9.12. The molecule has 0 amide bonds. The molecule has 74 valence electrons. The van der Waals surface area contributed by atoms with E-state index in [1.807, 2.05) is 26.4 Å². The monoisotopic (exact) mass is 201 g/mol. The summed E-state index contributed by atoms with van der Waals surface area (Å²) >= 11 is 5.91. The number of halogens is 1. The Bertz CT molecular complexity index is 257. The maximum atomic E-state index is 5.91. The molecule has 13 heavy (non-hydrogen) atoms. The molecule has 1 unspecified atom stereocenters. The minimum atomic E-state index is 0.145. The van der Waals surface area contributed by atoms with Crippen molar-refractivity contribution in [3.05, 3.63) is 12.4 Å². The molecule has 1 heterocycles. The first kappa shape index (κ1) is 10.4. The predicted molar refractivity (Wildman–Crippen MR) is 56.5 cm³/mol. The third kappa shape index (κ3) is 2.62. The fourth-order valence-electron chi connectivity index (χ4n) is 1.34. The Labute approximate surface area is 84.3 Å². The van der Waals surface area contributed by atoms with Crippen LogP contribution in [-0.4, -0.2) is 28.5 Å². The Hall–Kier alpha value is -0.700. The first-order chi connectivity index (χ1) is 6.15. The summed E-state index contributed by atoms with van der Waals surface area (Å²) in [5.74, 6) is 0.981. The van der Waals surface area contributed by atoms with Crippen LogP contribution in [0.15, 0.2) is 12.4 Å². The van der Waals surface area contributed by atoms with Gasteiger partial charge in [-0.05, 0) is 13.8 Å². The number of aromatic nitrogens is 2. The minimum absolute atomic E-state index is 0.145. The highest BCUT2D eigenvalue weighted by Gasteiger charge is 2.08. The van der Waals surface area contributed by atoms with Crippen LogP contribution in [0.25, 0.3) is 0 Å². The molecule has 0 aliphatic heterocycles. The van der Waals surface area contributed by atoms with Gasteiger partial charge in [0.1, 0.15) is 0 Å². The highest BCUT2D eigenvalue weighted by atomic mass is 35.5. The van der Waals surface area contributed by atoms with Crippen LogP contribution in [0.5, 0.6) is 0 Å². The Balaban J connectivity index is 2.69. The van der Waals surface area contributed by atoms with Gasteiger partial charge in [0.15, 0.2) is 0 Å². The van der Waals surface area contributed by atoms with Crippen LogP contribution in [0.1, 0.15) is 13.8 Å². The van der Waals surface area contributed by atoms with Gasteiger partial charge in [-0.15, -0.1) is 11.6 Å². The molecule has 1 aromatic rings. The number of hydrogen-bond acceptors (Lipinski definition) is 2. The van der Waals surface area contributed by atoms with Crippen LogP contribution in [0.4, 0.5) is 5.95 Å². The fourth-order valence-corrected chi connectivity index (χ4v) is 1.55. The summed E-state index contributed by atoms with van der Waals surface area (Å²) in [4.78, 5) is 6.34. The van der Waals surface area contributed by atoms with E-state index in [2.05, 4.69) is 21.4 Å². The van der Waals surface area contributed by atoms with Gasteiger partial charge in [0.2, 0.25) is 5.95 Å². The summed E-state index contributed by atoms with van der Waals surface area (Å²) in [6, 6.07) is 0. The third-order valence-electron chi connectivity index (χ3n) is 1.90. The van der Waals surface area contributed by atoms with Gasteiger partial charge in [-0.3, -0.25) is 0 Å². The number of aryl methyl sites for hydroxylation is 1. The number of alkyl halides is 1. The van der Waals surface area contributed by atoms with E-state index in [4.69, 9.17) is 11.6 Å². The summed E-state index contributed by atoms with van der Waals surface area (Å²) in [5.41, 5.74) is 0. The third-order valence-corrected chi connectivity index (χ3v) is 2.04. The van der Waals surface area contributed by atoms with E-state index in [0.717, 1.165) is 19.0 Å². The Morgan fingerprint density at radius 2 is 2.38 bits per heavy atom. The fraction of sp³-hybridized carbons (Fsp3) is 0.667. The molecule has 0 aliphatic rings. The van der Waals surface area contributed by atoms with E-state index in [9.17, 15) is 0 Å². The number of nitrogens with zero attached hydrogens (tertiary/aromatic N) is 3. The quantitative estimate of drug-likeness (QED) is 0.695. The first-order valence-electron chi connectivity index (χ1n) is 4.51. The summed E-state index contributed by atoms with van der Waals surface area (Å²) in [6.07, 6.45) is 3.79. The molecule has 0 spiro atoms. The topological polar surface area (TPSA) is 21.1 Å². The second-order valence-electron chi connectivity index (χ2n) is 3.17. The number of imidazole rings is 1. The van der Waals surface area contributed by atoms with E-state index in [1.165, 1.54) is 0 Å². The zero-order valence-electron chi connectivity index (χ0n) is 8.37. The van der Waals surface area contributed by atoms with Gasteiger partial charge in [0.25, 0.3) is 0 Å². The Kier molecular flexibility index (Phi) is 3.60. The maximum absolute atomic E-state index is 5.91. The van der Waals surface area contributed by atoms with E-state index in [-0.39, 0.29) is 5.38 Å². The molecule has 1 atom stereocenters. The van der Waals surface area contributed by atoms with Crippen LogP contribution < -0.4 is 4.90 Å². The average molecular weight is 202 g/mol. The summed E-state index contributed by atoms with van der Waals surface area (Å²) in [5, 5.41) is 0.145. The largest absolute Gasteiger partial charge is 0.344 e. The normalized spacial score (nSPS) is 12.9. The molecule has 1 rings (SSSR count). The zero-order chi connectivity index (χ0) is 9.84. The molecular weight excluding hydrogens is 186 g/mol. The second-order valence-corrected chi connectivity index (χ2v) is 3.92. The molecule has 0 fully saturated rings. The van der Waals surface area contributed by atoms with Gasteiger partial charge in [-0.2, -0.15) is 0 Å². The minimum Gasteiger partial charge on any atom is -0.344 e. The smallest absolute Gasteiger partial charge is 0.205 e. The molecular formula is C9H16ClN3. The molecule has 0 radical (unpaired) electrons. The summed E-state index contributed by atoms with van der Waals surface area (Å²) in [6.45, 7) is 5.84. The van der Waals surface area contributed by atoms with Gasteiger partial charge in [0.05, 0.1) is 0 Å². The molecule has 0 N–H and O–H groups in total. The van der Waals surface area contributed by atoms with Gasteiger partial charge < -0.3 is 9.47 Å². The van der Waals surface area contributed by atoms with E-state index >= 15 is 0 Å². The van der Waals surface area contributed by atoms with Crippen molar-refractivity contribution in [2.24, 2.45) is 0 Å². The standard InChI is InChI=1S/C9H16ClN3/c1-4-13-6-5-11-9(13)12(3)7-8(2)10/h5-6,8H,4,7H2,1-3H3. The average Bonchev–Trinajstić information content (AvgIpc) is 2.49.